The van der Waals surface area contributed by atoms with Crippen molar-refractivity contribution >= 4 is 5.78 Å². The molecule has 1 aromatic carbocycles. The first-order valence-corrected chi connectivity index (χ1v) is 12.2. The Hall–Kier alpha value is -1.41. The van der Waals surface area contributed by atoms with Gasteiger partial charge in [0.2, 0.25) is 0 Å². The monoisotopic (exact) mass is 408 g/mol. The SMILES string of the molecule is Cc1c2c(cc3c1CCC1(C)C(C(C)/C=C/C(C)C(C)C)CC(=O)C31O)CCCC2. The molecule has 0 radical (unpaired) electrons. The quantitative estimate of drug-likeness (QED) is 0.612. The predicted octanol–water partition coefficient (Wildman–Crippen LogP) is 6.09. The maximum absolute atomic E-state index is 13.5. The third kappa shape index (κ3) is 3.05. The van der Waals surface area contributed by atoms with Crippen LogP contribution in [0.1, 0.15) is 88.1 Å². The van der Waals surface area contributed by atoms with Crippen LogP contribution in [0.4, 0.5) is 0 Å². The molecule has 1 saturated carbocycles. The molecule has 1 fully saturated rings. The fraction of sp³-hybridized carbons (Fsp3) is 0.679. The number of aliphatic hydroxyl groups is 1. The van der Waals surface area contributed by atoms with Gasteiger partial charge in [-0.3, -0.25) is 4.79 Å². The zero-order valence-corrected chi connectivity index (χ0v) is 19.8. The van der Waals surface area contributed by atoms with Crippen molar-refractivity contribution in [3.8, 4) is 0 Å². The third-order valence-electron chi connectivity index (χ3n) is 9.20. The number of carbonyl (C=O) groups excluding carboxylic acids is 1. The number of benzene rings is 1. The van der Waals surface area contributed by atoms with E-state index in [0.29, 0.717) is 18.3 Å². The molecule has 0 saturated heterocycles. The first-order valence-electron chi connectivity index (χ1n) is 12.2. The van der Waals surface area contributed by atoms with Crippen molar-refractivity contribution in [1.82, 2.24) is 0 Å². The van der Waals surface area contributed by atoms with Gasteiger partial charge in [-0.2, -0.15) is 0 Å². The van der Waals surface area contributed by atoms with Gasteiger partial charge in [-0.15, -0.1) is 0 Å². The number of hydrogen-bond acceptors (Lipinski definition) is 2. The normalized spacial score (nSPS) is 32.8. The Bertz CT molecular complexity index is 879. The first-order chi connectivity index (χ1) is 14.1. The van der Waals surface area contributed by atoms with E-state index in [2.05, 4.69) is 59.8 Å². The lowest BCUT2D eigenvalue weighted by Crippen LogP contribution is -2.51. The van der Waals surface area contributed by atoms with Crippen LogP contribution in [0.3, 0.4) is 0 Å². The van der Waals surface area contributed by atoms with E-state index >= 15 is 0 Å². The maximum atomic E-state index is 13.5. The van der Waals surface area contributed by atoms with Crippen molar-refractivity contribution in [1.29, 1.82) is 0 Å². The fourth-order valence-corrected chi connectivity index (χ4v) is 6.65. The fourth-order valence-electron chi connectivity index (χ4n) is 6.65. The Kier molecular flexibility index (Phi) is 5.54. The largest absolute Gasteiger partial charge is 0.377 e. The van der Waals surface area contributed by atoms with Crippen LogP contribution in [0.25, 0.3) is 0 Å². The minimum absolute atomic E-state index is 0.0447. The Morgan fingerprint density at radius 2 is 1.77 bits per heavy atom. The lowest BCUT2D eigenvalue weighted by atomic mass is 9.57. The topological polar surface area (TPSA) is 37.3 Å². The molecule has 1 aromatic rings. The number of fused-ring (bicyclic) bond motifs is 4. The molecule has 1 N–H and O–H groups in total. The van der Waals surface area contributed by atoms with E-state index in [-0.39, 0.29) is 17.6 Å². The van der Waals surface area contributed by atoms with Gasteiger partial charge in [0.25, 0.3) is 0 Å². The maximum Gasteiger partial charge on any atom is 0.169 e. The number of ketones is 1. The van der Waals surface area contributed by atoms with Gasteiger partial charge in [0.1, 0.15) is 0 Å². The van der Waals surface area contributed by atoms with Gasteiger partial charge < -0.3 is 5.11 Å². The van der Waals surface area contributed by atoms with Crippen molar-refractivity contribution in [3.05, 3.63) is 46.0 Å². The lowest BCUT2D eigenvalue weighted by Gasteiger charge is -2.48. The van der Waals surface area contributed by atoms with Crippen LogP contribution in [0, 0.1) is 36.0 Å². The molecule has 0 amide bonds. The molecule has 3 aliphatic rings. The zero-order chi connectivity index (χ0) is 21.8. The summed E-state index contributed by atoms with van der Waals surface area (Å²) in [7, 11) is 0. The van der Waals surface area contributed by atoms with Crippen LogP contribution in [-0.2, 0) is 29.7 Å². The van der Waals surface area contributed by atoms with E-state index in [1.807, 2.05) is 0 Å². The van der Waals surface area contributed by atoms with Crippen molar-refractivity contribution in [2.75, 3.05) is 0 Å². The zero-order valence-electron chi connectivity index (χ0n) is 19.8. The summed E-state index contributed by atoms with van der Waals surface area (Å²) in [5, 5.41) is 12.1. The molecule has 0 spiro atoms. The van der Waals surface area contributed by atoms with Crippen molar-refractivity contribution in [2.24, 2.45) is 29.1 Å². The van der Waals surface area contributed by atoms with E-state index < -0.39 is 11.0 Å². The molecule has 30 heavy (non-hydrogen) atoms. The van der Waals surface area contributed by atoms with Crippen LogP contribution < -0.4 is 0 Å². The van der Waals surface area contributed by atoms with Crippen LogP contribution in [-0.4, -0.2) is 10.9 Å². The van der Waals surface area contributed by atoms with E-state index in [1.165, 1.54) is 35.1 Å². The summed E-state index contributed by atoms with van der Waals surface area (Å²) in [6.45, 7) is 13.4. The molecule has 3 aliphatic carbocycles. The Labute approximate surface area is 183 Å². The van der Waals surface area contributed by atoms with Gasteiger partial charge in [0.15, 0.2) is 11.4 Å². The summed E-state index contributed by atoms with van der Waals surface area (Å²) in [4.78, 5) is 13.5. The highest BCUT2D eigenvalue weighted by Crippen LogP contribution is 2.62. The molecule has 0 aliphatic heterocycles. The van der Waals surface area contributed by atoms with Crippen LogP contribution in [0.15, 0.2) is 18.2 Å². The lowest BCUT2D eigenvalue weighted by molar-refractivity contribution is -0.149. The molecule has 5 unspecified atom stereocenters. The third-order valence-corrected chi connectivity index (χ3v) is 9.20. The number of carbonyl (C=O) groups is 1. The molecule has 164 valence electrons. The standard InChI is InChI=1S/C28H40O2/c1-17(2)18(3)11-12-19(4)24-16-26(29)28(30)25-15-21-9-7-8-10-22(21)20(5)23(25)13-14-27(24,28)6/h11-12,15,17-19,24,30H,7-10,13-14,16H2,1-6H3/b12-11+. The number of aryl methyl sites for hydroxylation is 1. The highest BCUT2D eigenvalue weighted by molar-refractivity contribution is 5.93. The van der Waals surface area contributed by atoms with Crippen molar-refractivity contribution < 1.29 is 9.90 Å². The molecule has 0 bridgehead atoms. The van der Waals surface area contributed by atoms with Crippen molar-refractivity contribution in [2.45, 2.75) is 92.1 Å². The molecule has 2 heteroatoms. The van der Waals surface area contributed by atoms with E-state index in [4.69, 9.17) is 0 Å². The Morgan fingerprint density at radius 1 is 1.07 bits per heavy atom. The van der Waals surface area contributed by atoms with E-state index in [1.54, 1.807) is 0 Å². The summed E-state index contributed by atoms with van der Waals surface area (Å²) in [5.41, 5.74) is 4.73. The highest BCUT2D eigenvalue weighted by Gasteiger charge is 2.65. The number of rotatable bonds is 4. The molecule has 0 heterocycles. The molecule has 0 aromatic heterocycles. The smallest absolute Gasteiger partial charge is 0.169 e. The van der Waals surface area contributed by atoms with Gasteiger partial charge in [-0.05, 0) is 96.9 Å². The van der Waals surface area contributed by atoms with Gasteiger partial charge in [0, 0.05) is 11.8 Å². The summed E-state index contributed by atoms with van der Waals surface area (Å²) in [5.74, 6) is 1.66. The minimum atomic E-state index is -1.33. The average Bonchev–Trinajstić information content (AvgIpc) is 2.93. The van der Waals surface area contributed by atoms with E-state index in [0.717, 1.165) is 31.2 Å². The van der Waals surface area contributed by atoms with Gasteiger partial charge in [-0.1, -0.05) is 52.8 Å². The summed E-state index contributed by atoms with van der Waals surface area (Å²) in [6.07, 6.45) is 11.7. The summed E-state index contributed by atoms with van der Waals surface area (Å²) < 4.78 is 0. The second-order valence-electron chi connectivity index (χ2n) is 11.1. The van der Waals surface area contributed by atoms with Gasteiger partial charge in [0.05, 0.1) is 0 Å². The first kappa shape index (κ1) is 21.8. The number of hydrogen-bond donors (Lipinski definition) is 1. The van der Waals surface area contributed by atoms with Gasteiger partial charge in [-0.25, -0.2) is 0 Å². The molecular weight excluding hydrogens is 368 g/mol. The Balaban J connectivity index is 1.75. The van der Waals surface area contributed by atoms with E-state index in [9.17, 15) is 9.90 Å². The number of allylic oxidation sites excluding steroid dienone is 2. The highest BCUT2D eigenvalue weighted by atomic mass is 16.3. The second kappa shape index (κ2) is 7.62. The van der Waals surface area contributed by atoms with Crippen LogP contribution in [0.2, 0.25) is 0 Å². The van der Waals surface area contributed by atoms with Crippen molar-refractivity contribution in [3.63, 3.8) is 0 Å². The molecule has 5 atom stereocenters. The second-order valence-corrected chi connectivity index (χ2v) is 11.1. The number of Topliss-reactive ketones (excluding diaryl/α,β-unsaturated/α-hetero) is 1. The molecule has 2 nitrogen and oxygen atoms in total. The van der Waals surface area contributed by atoms with Crippen LogP contribution >= 0.6 is 0 Å². The Morgan fingerprint density at radius 3 is 2.47 bits per heavy atom. The van der Waals surface area contributed by atoms with Crippen LogP contribution in [0.5, 0.6) is 0 Å². The predicted molar refractivity (Wildman–Crippen MR) is 124 cm³/mol. The molecular formula is C28H40O2. The summed E-state index contributed by atoms with van der Waals surface area (Å²) in [6, 6.07) is 2.23. The average molecular weight is 409 g/mol. The molecule has 4 rings (SSSR count). The minimum Gasteiger partial charge on any atom is -0.377 e. The van der Waals surface area contributed by atoms with Gasteiger partial charge >= 0.3 is 0 Å². The summed E-state index contributed by atoms with van der Waals surface area (Å²) >= 11 is 0.